The van der Waals surface area contributed by atoms with E-state index in [0.717, 1.165) is 57.1 Å². The average molecular weight is 547 g/mol. The molecule has 0 bridgehead atoms. The summed E-state index contributed by atoms with van der Waals surface area (Å²) in [6.45, 7) is 6.32. The zero-order valence-corrected chi connectivity index (χ0v) is 22.8. The molecule has 0 amide bonds. The third-order valence-electron chi connectivity index (χ3n) is 5.26. The second-order valence-corrected chi connectivity index (χ2v) is 17.5. The van der Waals surface area contributed by atoms with E-state index in [0.29, 0.717) is 15.3 Å². The van der Waals surface area contributed by atoms with Crippen molar-refractivity contribution in [2.75, 3.05) is 0 Å². The molecule has 0 radical (unpaired) electrons. The molecular formula is C24H44O6Sn. The Morgan fingerprint density at radius 2 is 1.16 bits per heavy atom. The molecule has 1 N–H and O–H groups in total. The second kappa shape index (κ2) is 19.6. The van der Waals surface area contributed by atoms with Crippen LogP contribution >= 0.6 is 0 Å². The van der Waals surface area contributed by atoms with Gasteiger partial charge in [0.2, 0.25) is 0 Å². The molecule has 0 unspecified atom stereocenters. The molecule has 0 aliphatic carbocycles. The van der Waals surface area contributed by atoms with Gasteiger partial charge in [0.1, 0.15) is 0 Å². The Morgan fingerprint density at radius 3 is 1.65 bits per heavy atom. The van der Waals surface area contributed by atoms with Crippen LogP contribution in [0.15, 0.2) is 12.2 Å². The molecule has 0 rings (SSSR count). The van der Waals surface area contributed by atoms with E-state index in [1.165, 1.54) is 38.5 Å². The first-order valence-electron chi connectivity index (χ1n) is 12.2. The summed E-state index contributed by atoms with van der Waals surface area (Å²) in [5.41, 5.74) is 0. The monoisotopic (exact) mass is 548 g/mol. The molecule has 6 nitrogen and oxygen atoms in total. The molecule has 0 aromatic carbocycles. The van der Waals surface area contributed by atoms with Crippen LogP contribution in [0.4, 0.5) is 0 Å². The number of carboxylic acid groups (broad SMARTS) is 1. The maximum atomic E-state index is 12.6. The van der Waals surface area contributed by atoms with Gasteiger partial charge in [0.15, 0.2) is 0 Å². The fraction of sp³-hybridized carbons (Fsp3) is 0.792. The summed E-state index contributed by atoms with van der Waals surface area (Å²) in [5, 5.41) is 8.74. The molecule has 0 spiro atoms. The van der Waals surface area contributed by atoms with Gasteiger partial charge in [-0.25, -0.2) is 0 Å². The Hall–Kier alpha value is -1.05. The molecule has 0 heterocycles. The van der Waals surface area contributed by atoms with Gasteiger partial charge in [-0.1, -0.05) is 6.92 Å². The summed E-state index contributed by atoms with van der Waals surface area (Å²) < 4.78 is 12.9. The molecule has 0 saturated carbocycles. The molecular weight excluding hydrogens is 503 g/mol. The number of carboxylic acids is 1. The predicted molar refractivity (Wildman–Crippen MR) is 126 cm³/mol. The van der Waals surface area contributed by atoms with E-state index in [1.807, 2.05) is 13.8 Å². The predicted octanol–water partition coefficient (Wildman–Crippen LogP) is 6.68. The van der Waals surface area contributed by atoms with Crippen LogP contribution in [0.3, 0.4) is 0 Å². The van der Waals surface area contributed by atoms with Crippen molar-refractivity contribution >= 4 is 37.1 Å². The number of hydrogen-bond donors (Lipinski definition) is 1. The zero-order chi connectivity index (χ0) is 23.4. The molecule has 7 heteroatoms. The average Bonchev–Trinajstić information content (AvgIpc) is 2.73. The van der Waals surface area contributed by atoms with Crippen LogP contribution in [0, 0.1) is 0 Å². The quantitative estimate of drug-likeness (QED) is 0.104. The van der Waals surface area contributed by atoms with Gasteiger partial charge < -0.3 is 0 Å². The number of unbranched alkanes of at least 4 members (excludes halogenated alkanes) is 10. The van der Waals surface area contributed by atoms with Crippen molar-refractivity contribution in [1.82, 2.24) is 0 Å². The van der Waals surface area contributed by atoms with Gasteiger partial charge in [-0.05, 0) is 0 Å². The van der Waals surface area contributed by atoms with E-state index in [2.05, 4.69) is 6.92 Å². The molecule has 31 heavy (non-hydrogen) atoms. The second-order valence-electron chi connectivity index (χ2n) is 8.26. The molecule has 0 fully saturated rings. The SMILES string of the molecule is CCCCCCCCCCCC(=O)[O][Sn]([CH2]CCC)([CH2]CCC)[O]C(=O)/C=C\C(=O)O. The van der Waals surface area contributed by atoms with E-state index in [-0.39, 0.29) is 5.97 Å². The topological polar surface area (TPSA) is 89.9 Å². The van der Waals surface area contributed by atoms with E-state index in [1.54, 1.807) is 0 Å². The van der Waals surface area contributed by atoms with Gasteiger partial charge in [-0.15, -0.1) is 0 Å². The normalized spacial score (nSPS) is 11.6. The Bertz CT molecular complexity index is 524. The number of carbonyl (C=O) groups is 3. The van der Waals surface area contributed by atoms with E-state index in [4.69, 9.17) is 11.3 Å². The fourth-order valence-corrected chi connectivity index (χ4v) is 13.2. The van der Waals surface area contributed by atoms with Gasteiger partial charge in [0.05, 0.1) is 0 Å². The van der Waals surface area contributed by atoms with Gasteiger partial charge in [-0.2, -0.15) is 0 Å². The van der Waals surface area contributed by atoms with Crippen molar-refractivity contribution < 1.29 is 25.6 Å². The van der Waals surface area contributed by atoms with Crippen LogP contribution in [0.1, 0.15) is 111 Å². The Kier molecular flexibility index (Phi) is 19.0. The molecule has 180 valence electrons. The third kappa shape index (κ3) is 17.2. The number of hydrogen-bond acceptors (Lipinski definition) is 5. The number of aliphatic carboxylic acids is 1. The summed E-state index contributed by atoms with van der Waals surface area (Å²) in [7, 11) is 0. The van der Waals surface area contributed by atoms with Crippen molar-refractivity contribution in [2.24, 2.45) is 0 Å². The molecule has 0 saturated heterocycles. The van der Waals surface area contributed by atoms with Crippen LogP contribution in [-0.2, 0) is 20.5 Å². The van der Waals surface area contributed by atoms with Crippen molar-refractivity contribution in [3.05, 3.63) is 12.2 Å². The minimum atomic E-state index is -3.97. The molecule has 0 aliphatic heterocycles. The first kappa shape index (κ1) is 29.9. The van der Waals surface area contributed by atoms with Crippen molar-refractivity contribution in [1.29, 1.82) is 0 Å². The Balaban J connectivity index is 4.68. The van der Waals surface area contributed by atoms with Crippen molar-refractivity contribution in [3.8, 4) is 0 Å². The Morgan fingerprint density at radius 1 is 0.677 bits per heavy atom. The van der Waals surface area contributed by atoms with Gasteiger partial charge in [0.25, 0.3) is 0 Å². The number of carbonyl (C=O) groups excluding carboxylic acids is 2. The summed E-state index contributed by atoms with van der Waals surface area (Å²) in [6.07, 6.45) is 16.1. The fourth-order valence-electron chi connectivity index (χ4n) is 3.44. The van der Waals surface area contributed by atoms with Crippen molar-refractivity contribution in [2.45, 2.75) is 120 Å². The zero-order valence-electron chi connectivity index (χ0n) is 20.0. The maximum absolute atomic E-state index is 12.6. The van der Waals surface area contributed by atoms with E-state index < -0.39 is 31.1 Å². The van der Waals surface area contributed by atoms with Gasteiger partial charge in [0, 0.05) is 0 Å². The first-order chi connectivity index (χ1) is 14.9. The first-order valence-corrected chi connectivity index (χ1v) is 18.6. The Labute approximate surface area is 194 Å². The van der Waals surface area contributed by atoms with E-state index >= 15 is 0 Å². The van der Waals surface area contributed by atoms with Gasteiger partial charge in [-0.3, -0.25) is 0 Å². The van der Waals surface area contributed by atoms with E-state index in [9.17, 15) is 14.4 Å². The van der Waals surface area contributed by atoms with Crippen LogP contribution < -0.4 is 0 Å². The molecule has 0 atom stereocenters. The summed E-state index contributed by atoms with van der Waals surface area (Å²) >= 11 is -3.97. The van der Waals surface area contributed by atoms with Crippen LogP contribution in [0.5, 0.6) is 0 Å². The minimum absolute atomic E-state index is 0.263. The third-order valence-corrected chi connectivity index (χ3v) is 15.0. The molecule has 0 aliphatic rings. The summed E-state index contributed by atoms with van der Waals surface area (Å²) in [5.74, 6) is -2.18. The van der Waals surface area contributed by atoms with Crippen LogP contribution in [-0.4, -0.2) is 42.2 Å². The van der Waals surface area contributed by atoms with Gasteiger partial charge >= 0.3 is 188 Å². The number of rotatable bonds is 20. The summed E-state index contributed by atoms with van der Waals surface area (Å²) in [6, 6.07) is 0. The van der Waals surface area contributed by atoms with Crippen molar-refractivity contribution in [3.63, 3.8) is 0 Å². The van der Waals surface area contributed by atoms with Crippen LogP contribution in [0.2, 0.25) is 8.87 Å². The van der Waals surface area contributed by atoms with Crippen LogP contribution in [0.25, 0.3) is 0 Å². The molecule has 0 aromatic rings. The molecule has 0 aromatic heterocycles. The standard InChI is InChI=1S/C12H24O2.C4H4O4.2C4H9.Sn/c1-2-3-4-5-6-7-8-9-10-11-12(13)14;5-3(6)1-2-4(7)8;2*1-3-4-2;/h2-11H2,1H3,(H,13,14);1-2H,(H,5,6)(H,7,8);2*1,3-4H2,2H3;/q;;;;+2/p-2/b;2-1-;;;. The summed E-state index contributed by atoms with van der Waals surface area (Å²) in [4.78, 5) is 35.4.